The van der Waals surface area contributed by atoms with E-state index in [0.29, 0.717) is 17.9 Å². The number of aromatic nitrogens is 1. The number of hydrogen-bond donors (Lipinski definition) is 0. The summed E-state index contributed by atoms with van der Waals surface area (Å²) in [6, 6.07) is 13.5. The molecule has 0 bridgehead atoms. The van der Waals surface area contributed by atoms with Crippen molar-refractivity contribution >= 4 is 11.7 Å². The van der Waals surface area contributed by atoms with E-state index in [2.05, 4.69) is 9.88 Å². The molecular weight excluding hydrogens is 290 g/mol. The summed E-state index contributed by atoms with van der Waals surface area (Å²) in [4.78, 5) is 21.0. The second kappa shape index (κ2) is 6.69. The van der Waals surface area contributed by atoms with Crippen LogP contribution >= 0.6 is 0 Å². The molecule has 1 amide bonds. The molecule has 0 unspecified atom stereocenters. The zero-order valence-corrected chi connectivity index (χ0v) is 13.5. The van der Waals surface area contributed by atoms with E-state index in [1.165, 1.54) is 0 Å². The largest absolute Gasteiger partial charge is 0.493 e. The van der Waals surface area contributed by atoms with Crippen LogP contribution < -0.4 is 9.64 Å². The minimum absolute atomic E-state index is 0.000258. The Morgan fingerprint density at radius 2 is 2.00 bits per heavy atom. The molecule has 0 aliphatic carbocycles. The first-order valence-corrected chi connectivity index (χ1v) is 7.85. The average Bonchev–Trinajstić information content (AvgIpc) is 2.54. The van der Waals surface area contributed by atoms with Gasteiger partial charge >= 0.3 is 0 Å². The van der Waals surface area contributed by atoms with Crippen LogP contribution in [0.1, 0.15) is 17.3 Å². The number of pyridine rings is 1. The van der Waals surface area contributed by atoms with Crippen molar-refractivity contribution in [3.63, 3.8) is 0 Å². The minimum Gasteiger partial charge on any atom is -0.493 e. The Bertz CT molecular complexity index is 669. The van der Waals surface area contributed by atoms with Gasteiger partial charge in [-0.25, -0.2) is 4.98 Å². The van der Waals surface area contributed by atoms with Gasteiger partial charge in [-0.05, 0) is 31.2 Å². The number of amides is 1. The summed E-state index contributed by atoms with van der Waals surface area (Å²) in [5, 5.41) is 0. The van der Waals surface area contributed by atoms with Crippen LogP contribution in [0.25, 0.3) is 0 Å². The smallest absolute Gasteiger partial charge is 0.257 e. The maximum Gasteiger partial charge on any atom is 0.257 e. The number of carbonyl (C=O) groups is 1. The Labute approximate surface area is 136 Å². The zero-order chi connectivity index (χ0) is 16.2. The van der Waals surface area contributed by atoms with Gasteiger partial charge in [0.2, 0.25) is 0 Å². The normalized spacial score (nSPS) is 14.3. The van der Waals surface area contributed by atoms with Crippen LogP contribution in [0, 0.1) is 0 Å². The Balaban J connectivity index is 1.66. The van der Waals surface area contributed by atoms with Gasteiger partial charge in [-0.1, -0.05) is 18.2 Å². The van der Waals surface area contributed by atoms with Gasteiger partial charge in [-0.3, -0.25) is 4.79 Å². The van der Waals surface area contributed by atoms with Crippen molar-refractivity contribution in [1.29, 1.82) is 0 Å². The molecule has 120 valence electrons. The molecular formula is C18H21N3O2. The summed E-state index contributed by atoms with van der Waals surface area (Å²) in [7, 11) is 1.85. The summed E-state index contributed by atoms with van der Waals surface area (Å²) >= 11 is 0. The van der Waals surface area contributed by atoms with Crippen LogP contribution in [0.3, 0.4) is 0 Å². The van der Waals surface area contributed by atoms with Crippen LogP contribution in [0.5, 0.6) is 5.75 Å². The van der Waals surface area contributed by atoms with E-state index < -0.39 is 0 Å². The first-order valence-electron chi connectivity index (χ1n) is 7.85. The molecule has 0 atom stereocenters. The zero-order valence-electron chi connectivity index (χ0n) is 13.5. The van der Waals surface area contributed by atoms with Gasteiger partial charge in [0.25, 0.3) is 5.91 Å². The van der Waals surface area contributed by atoms with E-state index in [9.17, 15) is 4.79 Å². The standard InChI is InChI=1S/C18H21N3O2/c1-3-23-16-9-5-4-8-15(16)18(22)20(2)14-12-21(13-14)17-10-6-7-11-19-17/h4-11,14H,3,12-13H2,1-2H3. The van der Waals surface area contributed by atoms with Crippen molar-refractivity contribution in [2.75, 3.05) is 31.6 Å². The third kappa shape index (κ3) is 3.13. The molecule has 1 aromatic carbocycles. The average molecular weight is 311 g/mol. The fourth-order valence-electron chi connectivity index (χ4n) is 2.71. The number of hydrogen-bond acceptors (Lipinski definition) is 4. The molecule has 23 heavy (non-hydrogen) atoms. The van der Waals surface area contributed by atoms with Gasteiger partial charge in [-0.15, -0.1) is 0 Å². The molecule has 1 aromatic heterocycles. The van der Waals surface area contributed by atoms with E-state index in [0.717, 1.165) is 18.9 Å². The Kier molecular flexibility index (Phi) is 4.46. The SMILES string of the molecule is CCOc1ccccc1C(=O)N(C)C1CN(c2ccccn2)C1. The number of anilines is 1. The quantitative estimate of drug-likeness (QED) is 0.851. The summed E-state index contributed by atoms with van der Waals surface area (Å²) < 4.78 is 5.56. The lowest BCUT2D eigenvalue weighted by Gasteiger charge is -2.44. The molecule has 0 spiro atoms. The molecule has 1 aliphatic rings. The number of likely N-dealkylation sites (N-methyl/N-ethyl adjacent to an activating group) is 1. The van der Waals surface area contributed by atoms with Crippen molar-refractivity contribution in [3.8, 4) is 5.75 Å². The highest BCUT2D eigenvalue weighted by molar-refractivity contribution is 5.97. The Morgan fingerprint density at radius 1 is 1.26 bits per heavy atom. The maximum absolute atomic E-state index is 12.7. The fraction of sp³-hybridized carbons (Fsp3) is 0.333. The van der Waals surface area contributed by atoms with Crippen molar-refractivity contribution < 1.29 is 9.53 Å². The molecule has 3 rings (SSSR count). The van der Waals surface area contributed by atoms with Crippen molar-refractivity contribution in [2.24, 2.45) is 0 Å². The highest BCUT2D eigenvalue weighted by atomic mass is 16.5. The van der Waals surface area contributed by atoms with Crippen LogP contribution in [-0.4, -0.2) is 48.6 Å². The molecule has 1 saturated heterocycles. The van der Waals surface area contributed by atoms with E-state index in [4.69, 9.17) is 4.74 Å². The summed E-state index contributed by atoms with van der Waals surface area (Å²) in [5.41, 5.74) is 0.619. The topological polar surface area (TPSA) is 45.7 Å². The lowest BCUT2D eigenvalue weighted by molar-refractivity contribution is 0.0701. The van der Waals surface area contributed by atoms with E-state index >= 15 is 0 Å². The molecule has 0 saturated carbocycles. The van der Waals surface area contributed by atoms with Crippen LogP contribution in [-0.2, 0) is 0 Å². The Hall–Kier alpha value is -2.56. The first-order chi connectivity index (χ1) is 11.2. The van der Waals surface area contributed by atoms with Crippen molar-refractivity contribution in [1.82, 2.24) is 9.88 Å². The predicted molar refractivity (Wildman–Crippen MR) is 89.9 cm³/mol. The van der Waals surface area contributed by atoms with Gasteiger partial charge in [0.15, 0.2) is 0 Å². The minimum atomic E-state index is -0.000258. The number of nitrogens with zero attached hydrogens (tertiary/aromatic N) is 3. The van der Waals surface area contributed by atoms with E-state index in [1.807, 2.05) is 56.4 Å². The molecule has 2 heterocycles. The van der Waals surface area contributed by atoms with Crippen LogP contribution in [0.2, 0.25) is 0 Å². The summed E-state index contributed by atoms with van der Waals surface area (Å²) in [6.45, 7) is 4.07. The van der Waals surface area contributed by atoms with E-state index in [-0.39, 0.29) is 11.9 Å². The lowest BCUT2D eigenvalue weighted by Crippen LogP contribution is -2.60. The molecule has 0 N–H and O–H groups in total. The first kappa shape index (κ1) is 15.3. The molecule has 5 nitrogen and oxygen atoms in total. The molecule has 2 aromatic rings. The number of para-hydroxylation sites is 1. The van der Waals surface area contributed by atoms with Crippen LogP contribution in [0.15, 0.2) is 48.7 Å². The second-order valence-corrected chi connectivity index (χ2v) is 5.59. The number of carbonyl (C=O) groups excluding carboxylic acids is 1. The molecule has 1 fully saturated rings. The third-order valence-corrected chi connectivity index (χ3v) is 4.12. The molecule has 1 aliphatic heterocycles. The van der Waals surface area contributed by atoms with Gasteiger partial charge in [-0.2, -0.15) is 0 Å². The Morgan fingerprint density at radius 3 is 2.70 bits per heavy atom. The summed E-state index contributed by atoms with van der Waals surface area (Å²) in [6.07, 6.45) is 1.79. The maximum atomic E-state index is 12.7. The van der Waals surface area contributed by atoms with Crippen LogP contribution in [0.4, 0.5) is 5.82 Å². The number of rotatable bonds is 5. The fourth-order valence-corrected chi connectivity index (χ4v) is 2.71. The van der Waals surface area contributed by atoms with Gasteiger partial charge in [0.05, 0.1) is 18.2 Å². The van der Waals surface area contributed by atoms with Crippen molar-refractivity contribution in [2.45, 2.75) is 13.0 Å². The molecule has 0 radical (unpaired) electrons. The van der Waals surface area contributed by atoms with Gasteiger partial charge in [0.1, 0.15) is 11.6 Å². The number of benzene rings is 1. The highest BCUT2D eigenvalue weighted by Crippen LogP contribution is 2.24. The third-order valence-electron chi connectivity index (χ3n) is 4.12. The van der Waals surface area contributed by atoms with Crippen molar-refractivity contribution in [3.05, 3.63) is 54.2 Å². The molecule has 5 heteroatoms. The predicted octanol–water partition coefficient (Wildman–Crippen LogP) is 2.44. The number of ether oxygens (including phenoxy) is 1. The van der Waals surface area contributed by atoms with E-state index in [1.54, 1.807) is 11.1 Å². The monoisotopic (exact) mass is 311 g/mol. The summed E-state index contributed by atoms with van der Waals surface area (Å²) in [5.74, 6) is 1.60. The van der Waals surface area contributed by atoms with Gasteiger partial charge in [0, 0.05) is 26.3 Å². The lowest BCUT2D eigenvalue weighted by atomic mass is 10.1. The van der Waals surface area contributed by atoms with Gasteiger partial charge < -0.3 is 14.5 Å². The highest BCUT2D eigenvalue weighted by Gasteiger charge is 2.34. The second-order valence-electron chi connectivity index (χ2n) is 5.59.